The van der Waals surface area contributed by atoms with Crippen LogP contribution in [-0.4, -0.2) is 13.2 Å². The highest BCUT2D eigenvalue weighted by atomic mass is 16.5. The maximum absolute atomic E-state index is 5.69. The van der Waals surface area contributed by atoms with Crippen LogP contribution in [0.25, 0.3) is 0 Å². The molecule has 0 bridgehead atoms. The van der Waals surface area contributed by atoms with Crippen LogP contribution in [0.1, 0.15) is 16.7 Å². The topological polar surface area (TPSA) is 47.3 Å². The summed E-state index contributed by atoms with van der Waals surface area (Å²) in [6, 6.07) is 16.9. The van der Waals surface area contributed by atoms with Crippen LogP contribution in [0, 0.1) is 6.92 Å². The number of hydrogen-bond donors (Lipinski definition) is 2. The van der Waals surface area contributed by atoms with E-state index in [1.807, 2.05) is 12.1 Å². The lowest BCUT2D eigenvalue weighted by atomic mass is 9.99. The third-order valence-electron chi connectivity index (χ3n) is 3.45. The fourth-order valence-electron chi connectivity index (χ4n) is 2.28. The molecule has 0 heterocycles. The fourth-order valence-corrected chi connectivity index (χ4v) is 2.28. The summed E-state index contributed by atoms with van der Waals surface area (Å²) >= 11 is 0. The van der Waals surface area contributed by atoms with Gasteiger partial charge in [0.25, 0.3) is 0 Å². The third kappa shape index (κ3) is 4.08. The SMILES string of the molecule is COc1cccc(CC(Cc2ccc(C)cc2)NN)c1. The van der Waals surface area contributed by atoms with Crippen molar-refractivity contribution in [1.82, 2.24) is 5.43 Å². The molecule has 0 spiro atoms. The highest BCUT2D eigenvalue weighted by Gasteiger charge is 2.09. The Labute approximate surface area is 120 Å². The lowest BCUT2D eigenvalue weighted by Gasteiger charge is -2.16. The van der Waals surface area contributed by atoms with Crippen molar-refractivity contribution in [3.05, 3.63) is 65.2 Å². The second-order valence-electron chi connectivity index (χ2n) is 5.11. The van der Waals surface area contributed by atoms with Gasteiger partial charge < -0.3 is 4.74 Å². The maximum Gasteiger partial charge on any atom is 0.119 e. The Kier molecular flexibility index (Phi) is 5.16. The van der Waals surface area contributed by atoms with Crippen molar-refractivity contribution in [3.63, 3.8) is 0 Å². The number of nitrogens with two attached hydrogens (primary N) is 1. The summed E-state index contributed by atoms with van der Waals surface area (Å²) in [7, 11) is 1.68. The standard InChI is InChI=1S/C17H22N2O/c1-13-6-8-14(9-7-13)10-16(19-18)11-15-4-3-5-17(12-15)20-2/h3-9,12,16,19H,10-11,18H2,1-2H3. The summed E-state index contributed by atoms with van der Waals surface area (Å²) in [5, 5.41) is 0. The van der Waals surface area contributed by atoms with Gasteiger partial charge in [-0.25, -0.2) is 0 Å². The van der Waals surface area contributed by atoms with Crippen LogP contribution in [-0.2, 0) is 12.8 Å². The first-order chi connectivity index (χ1) is 9.71. The molecule has 3 nitrogen and oxygen atoms in total. The van der Waals surface area contributed by atoms with E-state index in [0.717, 1.165) is 18.6 Å². The molecule has 3 heteroatoms. The van der Waals surface area contributed by atoms with Gasteiger partial charge >= 0.3 is 0 Å². The molecule has 1 unspecified atom stereocenters. The lowest BCUT2D eigenvalue weighted by molar-refractivity contribution is 0.413. The Morgan fingerprint density at radius 3 is 2.40 bits per heavy atom. The van der Waals surface area contributed by atoms with E-state index in [4.69, 9.17) is 10.6 Å². The Hall–Kier alpha value is -1.84. The normalized spacial score (nSPS) is 12.2. The summed E-state index contributed by atoms with van der Waals surface area (Å²) in [5.74, 6) is 6.57. The monoisotopic (exact) mass is 270 g/mol. The molecule has 2 aromatic rings. The average molecular weight is 270 g/mol. The van der Waals surface area contributed by atoms with Gasteiger partial charge in [-0.15, -0.1) is 0 Å². The van der Waals surface area contributed by atoms with Gasteiger partial charge in [0.15, 0.2) is 0 Å². The van der Waals surface area contributed by atoms with Gasteiger partial charge in [-0.3, -0.25) is 11.3 Å². The molecule has 0 aromatic heterocycles. The number of ether oxygens (including phenoxy) is 1. The van der Waals surface area contributed by atoms with Gasteiger partial charge in [-0.1, -0.05) is 42.0 Å². The molecule has 3 N–H and O–H groups in total. The second kappa shape index (κ2) is 7.08. The zero-order chi connectivity index (χ0) is 14.4. The van der Waals surface area contributed by atoms with Gasteiger partial charge in [0.05, 0.1) is 7.11 Å². The molecule has 1 atom stereocenters. The van der Waals surface area contributed by atoms with Crippen LogP contribution in [0.4, 0.5) is 0 Å². The molecule has 0 radical (unpaired) electrons. The van der Waals surface area contributed by atoms with E-state index < -0.39 is 0 Å². The highest BCUT2D eigenvalue weighted by molar-refractivity contribution is 5.29. The number of methoxy groups -OCH3 is 1. The van der Waals surface area contributed by atoms with E-state index in [9.17, 15) is 0 Å². The third-order valence-corrected chi connectivity index (χ3v) is 3.45. The van der Waals surface area contributed by atoms with Crippen molar-refractivity contribution >= 4 is 0 Å². The van der Waals surface area contributed by atoms with Crippen LogP contribution < -0.4 is 16.0 Å². The molecule has 2 rings (SSSR count). The van der Waals surface area contributed by atoms with Crippen LogP contribution >= 0.6 is 0 Å². The van der Waals surface area contributed by atoms with Gasteiger partial charge in [-0.2, -0.15) is 0 Å². The van der Waals surface area contributed by atoms with Crippen molar-refractivity contribution in [2.24, 2.45) is 5.84 Å². The number of hydrazine groups is 1. The zero-order valence-electron chi connectivity index (χ0n) is 12.1. The molecule has 2 aromatic carbocycles. The molecule has 0 aliphatic carbocycles. The first kappa shape index (κ1) is 14.6. The van der Waals surface area contributed by atoms with Gasteiger partial charge in [0.1, 0.15) is 5.75 Å². The van der Waals surface area contributed by atoms with Gasteiger partial charge in [-0.05, 0) is 43.0 Å². The van der Waals surface area contributed by atoms with Crippen molar-refractivity contribution < 1.29 is 4.74 Å². The predicted octanol–water partition coefficient (Wildman–Crippen LogP) is 2.62. The molecule has 0 saturated heterocycles. The molecule has 0 aliphatic rings. The fraction of sp³-hybridized carbons (Fsp3) is 0.294. The molecule has 106 valence electrons. The molecular formula is C17H22N2O. The smallest absolute Gasteiger partial charge is 0.119 e. The van der Waals surface area contributed by atoms with E-state index in [0.29, 0.717) is 0 Å². The number of benzene rings is 2. The zero-order valence-corrected chi connectivity index (χ0v) is 12.1. The number of aryl methyl sites for hydroxylation is 1. The minimum atomic E-state index is 0.213. The van der Waals surface area contributed by atoms with Crippen molar-refractivity contribution in [3.8, 4) is 5.75 Å². The second-order valence-corrected chi connectivity index (χ2v) is 5.11. The van der Waals surface area contributed by atoms with Crippen LogP contribution in [0.5, 0.6) is 5.75 Å². The lowest BCUT2D eigenvalue weighted by Crippen LogP contribution is -2.38. The Morgan fingerprint density at radius 1 is 1.05 bits per heavy atom. The minimum Gasteiger partial charge on any atom is -0.497 e. The van der Waals surface area contributed by atoms with Crippen LogP contribution in [0.2, 0.25) is 0 Å². The van der Waals surface area contributed by atoms with Crippen molar-refractivity contribution in [2.45, 2.75) is 25.8 Å². The van der Waals surface area contributed by atoms with E-state index in [1.54, 1.807) is 7.11 Å². The largest absolute Gasteiger partial charge is 0.497 e. The summed E-state index contributed by atoms with van der Waals surface area (Å²) in [4.78, 5) is 0. The van der Waals surface area contributed by atoms with Crippen LogP contribution in [0.15, 0.2) is 48.5 Å². The maximum atomic E-state index is 5.69. The van der Waals surface area contributed by atoms with E-state index in [-0.39, 0.29) is 6.04 Å². The van der Waals surface area contributed by atoms with E-state index in [2.05, 4.69) is 48.7 Å². The van der Waals surface area contributed by atoms with E-state index >= 15 is 0 Å². The molecule has 0 aliphatic heterocycles. The molecule has 0 amide bonds. The quantitative estimate of drug-likeness (QED) is 0.626. The molecule has 0 fully saturated rings. The Balaban J connectivity index is 2.02. The molecule has 0 saturated carbocycles. The summed E-state index contributed by atoms with van der Waals surface area (Å²) < 4.78 is 5.25. The van der Waals surface area contributed by atoms with E-state index in [1.165, 1.54) is 16.7 Å². The minimum absolute atomic E-state index is 0.213. The molecular weight excluding hydrogens is 248 g/mol. The number of nitrogens with one attached hydrogen (secondary N) is 1. The summed E-state index contributed by atoms with van der Waals surface area (Å²) in [5.41, 5.74) is 6.70. The molecule has 20 heavy (non-hydrogen) atoms. The first-order valence-corrected chi connectivity index (χ1v) is 6.86. The van der Waals surface area contributed by atoms with Gasteiger partial charge in [0.2, 0.25) is 0 Å². The Morgan fingerprint density at radius 2 is 1.75 bits per heavy atom. The number of rotatable bonds is 6. The Bertz CT molecular complexity index is 537. The van der Waals surface area contributed by atoms with Crippen LogP contribution in [0.3, 0.4) is 0 Å². The highest BCUT2D eigenvalue weighted by Crippen LogP contribution is 2.15. The first-order valence-electron chi connectivity index (χ1n) is 6.86. The average Bonchev–Trinajstić information content (AvgIpc) is 2.49. The predicted molar refractivity (Wildman–Crippen MR) is 82.7 cm³/mol. The van der Waals surface area contributed by atoms with Crippen molar-refractivity contribution in [1.29, 1.82) is 0 Å². The summed E-state index contributed by atoms with van der Waals surface area (Å²) in [6.45, 7) is 2.10. The number of hydrogen-bond acceptors (Lipinski definition) is 3. The van der Waals surface area contributed by atoms with Crippen molar-refractivity contribution in [2.75, 3.05) is 7.11 Å². The summed E-state index contributed by atoms with van der Waals surface area (Å²) in [6.07, 6.45) is 1.79. The van der Waals surface area contributed by atoms with Gasteiger partial charge in [0, 0.05) is 6.04 Å².